The average molecular weight is 255 g/mol. The van der Waals surface area contributed by atoms with Crippen LogP contribution in [0.1, 0.15) is 16.7 Å². The van der Waals surface area contributed by atoms with Crippen LogP contribution in [0, 0.1) is 13.8 Å². The second-order valence-corrected chi connectivity index (χ2v) is 5.08. The highest BCUT2D eigenvalue weighted by atomic mass is 15.1. The molecule has 0 fully saturated rings. The molecule has 0 amide bonds. The lowest BCUT2D eigenvalue weighted by Crippen LogP contribution is -2.15. The average Bonchev–Trinajstić information content (AvgIpc) is 2.40. The third-order valence-corrected chi connectivity index (χ3v) is 3.34. The van der Waals surface area contributed by atoms with Crippen molar-refractivity contribution in [2.75, 3.05) is 19.0 Å². The highest BCUT2D eigenvalue weighted by Gasteiger charge is 2.13. The summed E-state index contributed by atoms with van der Waals surface area (Å²) >= 11 is 0. The number of nitrogens with zero attached hydrogens (tertiary/aromatic N) is 2. The Morgan fingerprint density at radius 1 is 1.11 bits per heavy atom. The summed E-state index contributed by atoms with van der Waals surface area (Å²) in [6.07, 6.45) is 1.85. The van der Waals surface area contributed by atoms with E-state index in [1.807, 2.05) is 25.2 Å². The summed E-state index contributed by atoms with van der Waals surface area (Å²) in [5, 5.41) is 0. The number of rotatable bonds is 3. The van der Waals surface area contributed by atoms with Crippen LogP contribution in [0.3, 0.4) is 0 Å². The van der Waals surface area contributed by atoms with Crippen molar-refractivity contribution in [3.8, 4) is 11.1 Å². The summed E-state index contributed by atoms with van der Waals surface area (Å²) < 4.78 is 0. The highest BCUT2D eigenvalue weighted by molar-refractivity contribution is 5.75. The zero-order valence-electron chi connectivity index (χ0n) is 12.1. The molecule has 0 spiro atoms. The van der Waals surface area contributed by atoms with Crippen LogP contribution in [0.5, 0.6) is 0 Å². The first-order valence-electron chi connectivity index (χ1n) is 6.47. The van der Waals surface area contributed by atoms with Crippen molar-refractivity contribution in [1.29, 1.82) is 0 Å². The topological polar surface area (TPSA) is 42.2 Å². The fourth-order valence-electron chi connectivity index (χ4n) is 2.35. The van der Waals surface area contributed by atoms with Gasteiger partial charge in [0.05, 0.1) is 0 Å². The van der Waals surface area contributed by atoms with Crippen molar-refractivity contribution in [1.82, 2.24) is 4.98 Å². The molecule has 1 heterocycles. The fourth-order valence-corrected chi connectivity index (χ4v) is 2.35. The Balaban J connectivity index is 2.68. The molecule has 0 saturated carbocycles. The minimum Gasteiger partial charge on any atom is -0.362 e. The number of hydrogen-bond acceptors (Lipinski definition) is 3. The number of benzene rings is 1. The van der Waals surface area contributed by atoms with Gasteiger partial charge >= 0.3 is 0 Å². The number of hydrogen-bond donors (Lipinski definition) is 1. The minimum atomic E-state index is 0.490. The van der Waals surface area contributed by atoms with Gasteiger partial charge in [-0.3, -0.25) is 0 Å². The van der Waals surface area contributed by atoms with Crippen molar-refractivity contribution < 1.29 is 0 Å². The van der Waals surface area contributed by atoms with E-state index < -0.39 is 0 Å². The van der Waals surface area contributed by atoms with E-state index in [1.54, 1.807) is 0 Å². The normalized spacial score (nSPS) is 10.6. The van der Waals surface area contributed by atoms with E-state index in [-0.39, 0.29) is 0 Å². The van der Waals surface area contributed by atoms with Gasteiger partial charge in [-0.1, -0.05) is 23.8 Å². The molecular weight excluding hydrogens is 234 g/mol. The van der Waals surface area contributed by atoms with Gasteiger partial charge in [0.1, 0.15) is 5.82 Å². The maximum atomic E-state index is 5.95. The van der Waals surface area contributed by atoms with Crippen molar-refractivity contribution in [2.45, 2.75) is 20.4 Å². The Morgan fingerprint density at radius 3 is 2.47 bits per heavy atom. The first kappa shape index (κ1) is 13.6. The molecule has 0 radical (unpaired) electrons. The molecule has 3 nitrogen and oxygen atoms in total. The molecule has 0 atom stereocenters. The molecule has 0 saturated heterocycles. The Hall–Kier alpha value is -1.87. The monoisotopic (exact) mass is 255 g/mol. The van der Waals surface area contributed by atoms with Crippen LogP contribution < -0.4 is 10.6 Å². The third kappa shape index (κ3) is 2.61. The molecule has 2 rings (SSSR count). The molecule has 19 heavy (non-hydrogen) atoms. The Bertz CT molecular complexity index is 589. The van der Waals surface area contributed by atoms with Crippen LogP contribution >= 0.6 is 0 Å². The van der Waals surface area contributed by atoms with Gasteiger partial charge in [-0.05, 0) is 36.6 Å². The van der Waals surface area contributed by atoms with Crippen molar-refractivity contribution in [3.63, 3.8) is 0 Å². The van der Waals surface area contributed by atoms with Crippen LogP contribution in [0.4, 0.5) is 5.82 Å². The lowest BCUT2D eigenvalue weighted by molar-refractivity contribution is 0.988. The Kier molecular flexibility index (Phi) is 3.86. The van der Waals surface area contributed by atoms with E-state index in [4.69, 9.17) is 5.73 Å². The smallest absolute Gasteiger partial charge is 0.133 e. The quantitative estimate of drug-likeness (QED) is 0.917. The van der Waals surface area contributed by atoms with Crippen LogP contribution in [-0.4, -0.2) is 19.1 Å². The van der Waals surface area contributed by atoms with Gasteiger partial charge in [0.25, 0.3) is 0 Å². The maximum Gasteiger partial charge on any atom is 0.133 e. The second-order valence-electron chi connectivity index (χ2n) is 5.08. The zero-order valence-corrected chi connectivity index (χ0v) is 12.1. The van der Waals surface area contributed by atoms with Crippen LogP contribution in [0.25, 0.3) is 11.1 Å². The zero-order chi connectivity index (χ0) is 14.0. The second kappa shape index (κ2) is 5.41. The maximum absolute atomic E-state index is 5.95. The summed E-state index contributed by atoms with van der Waals surface area (Å²) in [6.45, 7) is 4.73. The van der Waals surface area contributed by atoms with E-state index in [0.717, 1.165) is 11.4 Å². The molecule has 1 aromatic heterocycles. The third-order valence-electron chi connectivity index (χ3n) is 3.34. The van der Waals surface area contributed by atoms with Gasteiger partial charge in [0, 0.05) is 32.4 Å². The van der Waals surface area contributed by atoms with Gasteiger partial charge in [-0.15, -0.1) is 0 Å². The van der Waals surface area contributed by atoms with Gasteiger partial charge in [-0.25, -0.2) is 4.98 Å². The number of pyridine rings is 1. The number of aryl methyl sites for hydroxylation is 2. The fraction of sp³-hybridized carbons (Fsp3) is 0.312. The molecule has 100 valence electrons. The van der Waals surface area contributed by atoms with Crippen molar-refractivity contribution in [3.05, 3.63) is 47.2 Å². The van der Waals surface area contributed by atoms with Crippen molar-refractivity contribution >= 4 is 5.82 Å². The Labute approximate surface area is 115 Å². The molecular formula is C16H21N3. The standard InChI is InChI=1S/C16H21N3/c1-11-5-6-12(2)14(9-11)13-7-8-18-16(19(3)4)15(13)10-17/h5-9H,10,17H2,1-4H3. The lowest BCUT2D eigenvalue weighted by atomic mass is 9.95. The predicted octanol–water partition coefficient (Wildman–Crippen LogP) is 2.89. The minimum absolute atomic E-state index is 0.490. The van der Waals surface area contributed by atoms with E-state index >= 15 is 0 Å². The van der Waals surface area contributed by atoms with Crippen LogP contribution in [0.15, 0.2) is 30.5 Å². The van der Waals surface area contributed by atoms with Gasteiger partial charge in [-0.2, -0.15) is 0 Å². The highest BCUT2D eigenvalue weighted by Crippen LogP contribution is 2.31. The van der Waals surface area contributed by atoms with Gasteiger partial charge in [0.15, 0.2) is 0 Å². The number of nitrogens with two attached hydrogens (primary N) is 1. The first-order valence-corrected chi connectivity index (χ1v) is 6.47. The molecule has 2 N–H and O–H groups in total. The molecule has 0 bridgehead atoms. The predicted molar refractivity (Wildman–Crippen MR) is 81.4 cm³/mol. The molecule has 2 aromatic rings. The molecule has 0 unspecified atom stereocenters. The van der Waals surface area contributed by atoms with Crippen LogP contribution in [-0.2, 0) is 6.54 Å². The summed E-state index contributed by atoms with van der Waals surface area (Å²) in [6, 6.07) is 8.55. The summed E-state index contributed by atoms with van der Waals surface area (Å²) in [5.74, 6) is 0.945. The number of anilines is 1. The van der Waals surface area contributed by atoms with E-state index in [1.165, 1.54) is 22.3 Å². The molecule has 0 aliphatic rings. The summed E-state index contributed by atoms with van der Waals surface area (Å²) in [5.41, 5.74) is 12.0. The number of aromatic nitrogens is 1. The van der Waals surface area contributed by atoms with Gasteiger partial charge < -0.3 is 10.6 Å². The van der Waals surface area contributed by atoms with E-state index in [9.17, 15) is 0 Å². The molecule has 0 aliphatic heterocycles. The lowest BCUT2D eigenvalue weighted by Gasteiger charge is -2.19. The van der Waals surface area contributed by atoms with Crippen molar-refractivity contribution in [2.24, 2.45) is 5.73 Å². The van der Waals surface area contributed by atoms with Crippen LogP contribution in [0.2, 0.25) is 0 Å². The van der Waals surface area contributed by atoms with Gasteiger partial charge in [0.2, 0.25) is 0 Å². The summed E-state index contributed by atoms with van der Waals surface area (Å²) in [4.78, 5) is 6.44. The molecule has 0 aliphatic carbocycles. The summed E-state index contributed by atoms with van der Waals surface area (Å²) in [7, 11) is 3.99. The first-order chi connectivity index (χ1) is 9.04. The molecule has 3 heteroatoms. The van der Waals surface area contributed by atoms with E-state index in [2.05, 4.69) is 43.1 Å². The SMILES string of the molecule is Cc1ccc(C)c(-c2ccnc(N(C)C)c2CN)c1. The van der Waals surface area contributed by atoms with E-state index in [0.29, 0.717) is 6.54 Å². The largest absolute Gasteiger partial charge is 0.362 e. The molecule has 1 aromatic carbocycles. The Morgan fingerprint density at radius 2 is 1.84 bits per heavy atom.